The van der Waals surface area contributed by atoms with Crippen LogP contribution in [0.2, 0.25) is 0 Å². The third-order valence-electron chi connectivity index (χ3n) is 4.90. The molecule has 1 N–H and O–H groups in total. The number of aromatic nitrogens is 5. The van der Waals surface area contributed by atoms with Crippen LogP contribution in [0, 0.1) is 6.92 Å². The molecule has 2 aromatic heterocycles. The normalized spacial score (nSPS) is 17.5. The minimum Gasteiger partial charge on any atom is -0.342 e. The van der Waals surface area contributed by atoms with Crippen molar-refractivity contribution in [3.63, 3.8) is 0 Å². The molecule has 3 heterocycles. The fourth-order valence-corrected chi connectivity index (χ4v) is 3.61. The second-order valence-corrected chi connectivity index (χ2v) is 6.66. The highest BCUT2D eigenvalue weighted by Gasteiger charge is 2.28. The summed E-state index contributed by atoms with van der Waals surface area (Å²) >= 11 is 0. The fraction of sp³-hybridized carbons (Fsp3) is 0.444. The Morgan fingerprint density at radius 3 is 3.12 bits per heavy atom. The molecule has 1 aromatic carbocycles. The van der Waals surface area contributed by atoms with Crippen LogP contribution >= 0.6 is 0 Å². The molecule has 0 radical (unpaired) electrons. The second-order valence-electron chi connectivity index (χ2n) is 6.66. The Morgan fingerprint density at radius 2 is 2.32 bits per heavy atom. The Balaban J connectivity index is 1.39. The van der Waals surface area contributed by atoms with Gasteiger partial charge in [0.25, 0.3) is 0 Å². The van der Waals surface area contributed by atoms with Gasteiger partial charge in [0.2, 0.25) is 5.91 Å². The van der Waals surface area contributed by atoms with Crippen molar-refractivity contribution in [2.45, 2.75) is 45.2 Å². The number of amides is 1. The largest absolute Gasteiger partial charge is 0.342 e. The third kappa shape index (κ3) is 3.26. The average Bonchev–Trinajstić information content (AvgIpc) is 3.34. The van der Waals surface area contributed by atoms with Gasteiger partial charge in [0, 0.05) is 19.4 Å². The SMILES string of the molecule is Cc1cccc2[nH]c(CCC(=O)N3CCCC3Cn3cncn3)nc12. The van der Waals surface area contributed by atoms with E-state index in [0.29, 0.717) is 12.8 Å². The Labute approximate surface area is 146 Å². The topological polar surface area (TPSA) is 79.7 Å². The van der Waals surface area contributed by atoms with E-state index < -0.39 is 0 Å². The van der Waals surface area contributed by atoms with Gasteiger partial charge >= 0.3 is 0 Å². The number of benzene rings is 1. The van der Waals surface area contributed by atoms with Gasteiger partial charge < -0.3 is 9.88 Å². The maximum Gasteiger partial charge on any atom is 0.223 e. The molecular formula is C18H22N6O. The lowest BCUT2D eigenvalue weighted by Gasteiger charge is -2.24. The third-order valence-corrected chi connectivity index (χ3v) is 4.90. The summed E-state index contributed by atoms with van der Waals surface area (Å²) in [5.41, 5.74) is 3.18. The Morgan fingerprint density at radius 1 is 1.40 bits per heavy atom. The summed E-state index contributed by atoms with van der Waals surface area (Å²) in [5, 5.41) is 4.15. The van der Waals surface area contributed by atoms with Crippen molar-refractivity contribution in [2.24, 2.45) is 0 Å². The van der Waals surface area contributed by atoms with Crippen LogP contribution in [0.5, 0.6) is 0 Å². The molecule has 1 unspecified atom stereocenters. The number of hydrogen-bond donors (Lipinski definition) is 1. The molecule has 0 aliphatic carbocycles. The summed E-state index contributed by atoms with van der Waals surface area (Å²) in [6.45, 7) is 3.60. The van der Waals surface area contributed by atoms with Crippen molar-refractivity contribution >= 4 is 16.9 Å². The molecule has 25 heavy (non-hydrogen) atoms. The first kappa shape index (κ1) is 15.8. The van der Waals surface area contributed by atoms with Gasteiger partial charge in [-0.1, -0.05) is 12.1 Å². The molecule has 7 nitrogen and oxygen atoms in total. The van der Waals surface area contributed by atoms with Crippen LogP contribution in [0.4, 0.5) is 0 Å². The number of para-hydroxylation sites is 1. The molecule has 1 aliphatic rings. The summed E-state index contributed by atoms with van der Waals surface area (Å²) in [6, 6.07) is 6.31. The number of likely N-dealkylation sites (tertiary alicyclic amines) is 1. The monoisotopic (exact) mass is 338 g/mol. The number of fused-ring (bicyclic) bond motifs is 1. The van der Waals surface area contributed by atoms with E-state index in [4.69, 9.17) is 0 Å². The first-order valence-electron chi connectivity index (χ1n) is 8.77. The van der Waals surface area contributed by atoms with Crippen molar-refractivity contribution in [1.82, 2.24) is 29.6 Å². The molecular weight excluding hydrogens is 316 g/mol. The van der Waals surface area contributed by atoms with Crippen LogP contribution in [-0.4, -0.2) is 48.1 Å². The van der Waals surface area contributed by atoms with Gasteiger partial charge in [0.15, 0.2) is 0 Å². The number of hydrogen-bond acceptors (Lipinski definition) is 4. The molecule has 0 saturated carbocycles. The number of imidazole rings is 1. The highest BCUT2D eigenvalue weighted by Crippen LogP contribution is 2.21. The zero-order valence-electron chi connectivity index (χ0n) is 14.4. The predicted octanol–water partition coefficient (Wildman–Crippen LogP) is 2.09. The van der Waals surface area contributed by atoms with Crippen molar-refractivity contribution in [2.75, 3.05) is 6.54 Å². The van der Waals surface area contributed by atoms with Crippen LogP contribution in [0.1, 0.15) is 30.7 Å². The van der Waals surface area contributed by atoms with Gasteiger partial charge in [0.05, 0.1) is 23.6 Å². The number of carbonyl (C=O) groups excluding carboxylic acids is 1. The van der Waals surface area contributed by atoms with E-state index in [2.05, 4.69) is 33.0 Å². The van der Waals surface area contributed by atoms with Gasteiger partial charge in [0.1, 0.15) is 18.5 Å². The number of nitrogens with zero attached hydrogens (tertiary/aromatic N) is 5. The van der Waals surface area contributed by atoms with E-state index in [1.54, 1.807) is 11.0 Å². The van der Waals surface area contributed by atoms with E-state index >= 15 is 0 Å². The summed E-state index contributed by atoms with van der Waals surface area (Å²) < 4.78 is 1.80. The minimum atomic E-state index is 0.194. The molecule has 130 valence electrons. The number of rotatable bonds is 5. The number of aryl methyl sites for hydroxylation is 2. The number of aromatic amines is 1. The first-order chi connectivity index (χ1) is 12.2. The summed E-state index contributed by atoms with van der Waals surface area (Å²) in [4.78, 5) is 26.6. The molecule has 3 aromatic rings. The number of carbonyl (C=O) groups is 1. The maximum atomic E-state index is 12.7. The maximum absolute atomic E-state index is 12.7. The number of H-pyrrole nitrogens is 1. The molecule has 1 saturated heterocycles. The van der Waals surface area contributed by atoms with E-state index in [0.717, 1.165) is 48.4 Å². The second kappa shape index (κ2) is 6.66. The van der Waals surface area contributed by atoms with Crippen LogP contribution in [-0.2, 0) is 17.8 Å². The summed E-state index contributed by atoms with van der Waals surface area (Å²) in [6.07, 6.45) is 6.43. The Bertz CT molecular complexity index is 869. The van der Waals surface area contributed by atoms with Crippen LogP contribution < -0.4 is 0 Å². The molecule has 1 fully saturated rings. The van der Waals surface area contributed by atoms with E-state index in [1.165, 1.54) is 6.33 Å². The smallest absolute Gasteiger partial charge is 0.223 e. The Kier molecular flexibility index (Phi) is 4.21. The predicted molar refractivity (Wildman–Crippen MR) is 93.9 cm³/mol. The molecule has 1 aliphatic heterocycles. The van der Waals surface area contributed by atoms with Gasteiger partial charge in [-0.25, -0.2) is 9.97 Å². The van der Waals surface area contributed by atoms with Crippen molar-refractivity contribution in [3.05, 3.63) is 42.2 Å². The van der Waals surface area contributed by atoms with Gasteiger partial charge in [-0.2, -0.15) is 5.10 Å². The summed E-state index contributed by atoms with van der Waals surface area (Å²) in [5.74, 6) is 1.07. The fourth-order valence-electron chi connectivity index (χ4n) is 3.61. The molecule has 7 heteroatoms. The highest BCUT2D eigenvalue weighted by atomic mass is 16.2. The molecule has 0 spiro atoms. The van der Waals surface area contributed by atoms with Gasteiger partial charge in [-0.3, -0.25) is 9.48 Å². The van der Waals surface area contributed by atoms with Crippen molar-refractivity contribution < 1.29 is 4.79 Å². The summed E-state index contributed by atoms with van der Waals surface area (Å²) in [7, 11) is 0. The lowest BCUT2D eigenvalue weighted by atomic mass is 10.2. The average molecular weight is 338 g/mol. The van der Waals surface area contributed by atoms with Gasteiger partial charge in [-0.15, -0.1) is 0 Å². The highest BCUT2D eigenvalue weighted by molar-refractivity contribution is 5.79. The Hall–Kier alpha value is -2.70. The van der Waals surface area contributed by atoms with E-state index in [1.807, 2.05) is 17.0 Å². The molecule has 4 rings (SSSR count). The quantitative estimate of drug-likeness (QED) is 0.772. The van der Waals surface area contributed by atoms with E-state index in [-0.39, 0.29) is 11.9 Å². The minimum absolute atomic E-state index is 0.194. The molecule has 1 amide bonds. The van der Waals surface area contributed by atoms with Crippen molar-refractivity contribution in [1.29, 1.82) is 0 Å². The lowest BCUT2D eigenvalue weighted by Crippen LogP contribution is -2.38. The van der Waals surface area contributed by atoms with Crippen LogP contribution in [0.15, 0.2) is 30.9 Å². The van der Waals surface area contributed by atoms with Crippen molar-refractivity contribution in [3.8, 4) is 0 Å². The standard InChI is InChI=1S/C18H22N6O/c1-13-4-2-6-15-18(13)22-16(21-15)7-8-17(25)24-9-3-5-14(24)10-23-12-19-11-20-23/h2,4,6,11-12,14H,3,5,7-10H2,1H3,(H,21,22). The molecule has 1 atom stereocenters. The number of nitrogens with one attached hydrogen (secondary N) is 1. The van der Waals surface area contributed by atoms with E-state index in [9.17, 15) is 4.79 Å². The van der Waals surface area contributed by atoms with Gasteiger partial charge in [-0.05, 0) is 31.4 Å². The first-order valence-corrected chi connectivity index (χ1v) is 8.77. The molecule has 0 bridgehead atoms. The van der Waals surface area contributed by atoms with Crippen LogP contribution in [0.3, 0.4) is 0 Å². The lowest BCUT2D eigenvalue weighted by molar-refractivity contribution is -0.132. The zero-order chi connectivity index (χ0) is 17.2. The zero-order valence-corrected chi connectivity index (χ0v) is 14.4. The van der Waals surface area contributed by atoms with Crippen LogP contribution in [0.25, 0.3) is 11.0 Å².